The Morgan fingerprint density at radius 2 is 2.00 bits per heavy atom. The molecule has 0 spiro atoms. The van der Waals surface area contributed by atoms with Gasteiger partial charge in [0.2, 0.25) is 0 Å². The average Bonchev–Trinajstić information content (AvgIpc) is 2.95. The largest absolute Gasteiger partial charge is 0.465 e. The van der Waals surface area contributed by atoms with Crippen LogP contribution in [0, 0.1) is 0 Å². The Kier molecular flexibility index (Phi) is 6.06. The Morgan fingerprint density at radius 3 is 2.57 bits per heavy atom. The lowest BCUT2D eigenvalue weighted by Gasteiger charge is -2.19. The molecule has 3 nitrogen and oxygen atoms in total. The molecule has 0 saturated heterocycles. The van der Waals surface area contributed by atoms with Gasteiger partial charge in [-0.15, -0.1) is 11.3 Å². The number of hydrogen-bond donors (Lipinski definition) is 1. The first-order valence-corrected chi connectivity index (χ1v) is 8.13. The monoisotopic (exact) mass is 343 g/mol. The van der Waals surface area contributed by atoms with Crippen LogP contribution < -0.4 is 5.32 Å². The van der Waals surface area contributed by atoms with E-state index in [1.54, 1.807) is 36.5 Å². The highest BCUT2D eigenvalue weighted by Gasteiger charge is 2.26. The van der Waals surface area contributed by atoms with Crippen LogP contribution in [-0.4, -0.2) is 12.6 Å². The maximum atomic E-state index is 12.2. The molecular weight excluding hydrogens is 329 g/mol. The van der Waals surface area contributed by atoms with Crippen molar-refractivity contribution in [2.75, 3.05) is 6.61 Å². The topological polar surface area (TPSA) is 38.3 Å². The first kappa shape index (κ1) is 16.3. The van der Waals surface area contributed by atoms with Crippen molar-refractivity contribution in [3.63, 3.8) is 0 Å². The molecule has 0 aliphatic carbocycles. The molecule has 1 aromatic heterocycles. The summed E-state index contributed by atoms with van der Waals surface area (Å²) in [5, 5.41) is 6.04. The molecule has 1 atom stereocenters. The molecule has 0 aliphatic rings. The SMILES string of the molecule is CCOC(=O)C(NCc1cccs1)c1c(Cl)cccc1Cl. The highest BCUT2D eigenvalue weighted by molar-refractivity contribution is 7.09. The van der Waals surface area contributed by atoms with Crippen molar-refractivity contribution >= 4 is 40.5 Å². The molecule has 2 aromatic rings. The van der Waals surface area contributed by atoms with Crippen molar-refractivity contribution in [3.05, 3.63) is 56.2 Å². The number of halogens is 2. The lowest BCUT2D eigenvalue weighted by atomic mass is 10.1. The molecule has 112 valence electrons. The van der Waals surface area contributed by atoms with Gasteiger partial charge < -0.3 is 4.74 Å². The van der Waals surface area contributed by atoms with Crippen molar-refractivity contribution in [1.29, 1.82) is 0 Å². The minimum Gasteiger partial charge on any atom is -0.465 e. The maximum Gasteiger partial charge on any atom is 0.327 e. The summed E-state index contributed by atoms with van der Waals surface area (Å²) in [5.74, 6) is -0.385. The molecule has 0 aliphatic heterocycles. The van der Waals surface area contributed by atoms with Gasteiger partial charge in [-0.3, -0.25) is 5.32 Å². The molecule has 0 fully saturated rings. The predicted octanol–water partition coefficient (Wildman–Crippen LogP) is 4.45. The van der Waals surface area contributed by atoms with Crippen LogP contribution in [0.5, 0.6) is 0 Å². The number of benzene rings is 1. The quantitative estimate of drug-likeness (QED) is 0.787. The summed E-state index contributed by atoms with van der Waals surface area (Å²) in [6, 6.07) is 8.44. The van der Waals surface area contributed by atoms with Crippen LogP contribution in [0.4, 0.5) is 0 Å². The van der Waals surface area contributed by atoms with Crippen molar-refractivity contribution in [2.45, 2.75) is 19.5 Å². The molecule has 0 amide bonds. The van der Waals surface area contributed by atoms with Crippen molar-refractivity contribution in [2.24, 2.45) is 0 Å². The molecule has 0 bridgehead atoms. The average molecular weight is 344 g/mol. The summed E-state index contributed by atoms with van der Waals surface area (Å²) in [6.07, 6.45) is 0. The van der Waals surface area contributed by atoms with E-state index < -0.39 is 6.04 Å². The van der Waals surface area contributed by atoms with Crippen molar-refractivity contribution in [3.8, 4) is 0 Å². The number of hydrogen-bond acceptors (Lipinski definition) is 4. The van der Waals surface area contributed by atoms with E-state index in [0.717, 1.165) is 4.88 Å². The van der Waals surface area contributed by atoms with Crippen LogP contribution >= 0.6 is 34.5 Å². The van der Waals surface area contributed by atoms with Gasteiger partial charge in [0, 0.05) is 27.0 Å². The van der Waals surface area contributed by atoms with E-state index in [1.807, 2.05) is 17.5 Å². The van der Waals surface area contributed by atoms with Gasteiger partial charge in [-0.1, -0.05) is 35.3 Å². The Bertz CT molecular complexity index is 581. The molecule has 1 heterocycles. The van der Waals surface area contributed by atoms with Crippen LogP contribution in [0.3, 0.4) is 0 Å². The van der Waals surface area contributed by atoms with Crippen molar-refractivity contribution < 1.29 is 9.53 Å². The fraction of sp³-hybridized carbons (Fsp3) is 0.267. The van der Waals surface area contributed by atoms with Gasteiger partial charge in [0.1, 0.15) is 6.04 Å². The molecule has 21 heavy (non-hydrogen) atoms. The third-order valence-electron chi connectivity index (χ3n) is 2.87. The Balaban J connectivity index is 2.25. The zero-order chi connectivity index (χ0) is 15.2. The summed E-state index contributed by atoms with van der Waals surface area (Å²) < 4.78 is 5.12. The van der Waals surface area contributed by atoms with E-state index in [9.17, 15) is 4.79 Å². The maximum absolute atomic E-state index is 12.2. The van der Waals surface area contributed by atoms with Crippen LogP contribution in [0.15, 0.2) is 35.7 Å². The van der Waals surface area contributed by atoms with Gasteiger partial charge in [-0.25, -0.2) is 4.79 Å². The van der Waals surface area contributed by atoms with E-state index >= 15 is 0 Å². The van der Waals surface area contributed by atoms with Crippen molar-refractivity contribution in [1.82, 2.24) is 5.32 Å². The second-order valence-corrected chi connectivity index (χ2v) is 6.13. The standard InChI is InChI=1S/C15H15Cl2NO2S/c1-2-20-15(19)14(18-9-10-5-4-8-21-10)13-11(16)6-3-7-12(13)17/h3-8,14,18H,2,9H2,1H3. The molecule has 0 saturated carbocycles. The lowest BCUT2D eigenvalue weighted by molar-refractivity contribution is -0.145. The summed E-state index contributed by atoms with van der Waals surface area (Å²) >= 11 is 14.0. The molecule has 2 rings (SSSR count). The van der Waals surface area contributed by atoms with Gasteiger partial charge in [-0.2, -0.15) is 0 Å². The molecular formula is C15H15Cl2NO2S. The molecule has 6 heteroatoms. The number of carbonyl (C=O) groups is 1. The Morgan fingerprint density at radius 1 is 1.29 bits per heavy atom. The fourth-order valence-corrected chi connectivity index (χ4v) is 3.20. The number of carbonyl (C=O) groups excluding carboxylic acids is 1. The van der Waals surface area contributed by atoms with Gasteiger partial charge >= 0.3 is 5.97 Å². The smallest absolute Gasteiger partial charge is 0.327 e. The minimum atomic E-state index is -0.687. The second-order valence-electron chi connectivity index (χ2n) is 4.28. The van der Waals surface area contributed by atoms with Gasteiger partial charge in [-0.05, 0) is 30.5 Å². The van der Waals surface area contributed by atoms with Crippen LogP contribution in [0.25, 0.3) is 0 Å². The third-order valence-corrected chi connectivity index (χ3v) is 4.41. The Labute approximate surface area is 137 Å². The van der Waals surface area contributed by atoms with Crippen LogP contribution in [-0.2, 0) is 16.1 Å². The number of thiophene rings is 1. The number of rotatable bonds is 6. The molecule has 0 radical (unpaired) electrons. The summed E-state index contributed by atoms with van der Waals surface area (Å²) in [5.41, 5.74) is 0.552. The van der Waals surface area contributed by atoms with Crippen LogP contribution in [0.2, 0.25) is 10.0 Å². The fourth-order valence-electron chi connectivity index (χ4n) is 1.93. The lowest BCUT2D eigenvalue weighted by Crippen LogP contribution is -2.30. The molecule has 1 unspecified atom stereocenters. The first-order valence-electron chi connectivity index (χ1n) is 6.49. The Hall–Kier alpha value is -1.07. The van der Waals surface area contributed by atoms with E-state index in [-0.39, 0.29) is 5.97 Å². The predicted molar refractivity (Wildman–Crippen MR) is 87.0 cm³/mol. The van der Waals surface area contributed by atoms with E-state index in [4.69, 9.17) is 27.9 Å². The summed E-state index contributed by atoms with van der Waals surface area (Å²) in [4.78, 5) is 13.3. The summed E-state index contributed by atoms with van der Waals surface area (Å²) in [7, 11) is 0. The first-order chi connectivity index (χ1) is 10.1. The van der Waals surface area contributed by atoms with Gasteiger partial charge in [0.15, 0.2) is 0 Å². The minimum absolute atomic E-state index is 0.304. The highest BCUT2D eigenvalue weighted by Crippen LogP contribution is 2.31. The molecule has 1 N–H and O–H groups in total. The number of esters is 1. The normalized spacial score (nSPS) is 12.1. The second kappa shape index (κ2) is 7.80. The zero-order valence-electron chi connectivity index (χ0n) is 11.4. The van der Waals surface area contributed by atoms with E-state index in [0.29, 0.717) is 28.8 Å². The zero-order valence-corrected chi connectivity index (χ0v) is 13.8. The number of ether oxygens (including phenoxy) is 1. The highest BCUT2D eigenvalue weighted by atomic mass is 35.5. The summed E-state index contributed by atoms with van der Waals surface area (Å²) in [6.45, 7) is 2.61. The van der Waals surface area contributed by atoms with E-state index in [1.165, 1.54) is 0 Å². The van der Waals surface area contributed by atoms with Crippen LogP contribution in [0.1, 0.15) is 23.4 Å². The number of nitrogens with one attached hydrogen (secondary N) is 1. The van der Waals surface area contributed by atoms with E-state index in [2.05, 4.69) is 5.32 Å². The molecule has 1 aromatic carbocycles. The van der Waals surface area contributed by atoms with Gasteiger partial charge in [0.25, 0.3) is 0 Å². The van der Waals surface area contributed by atoms with Gasteiger partial charge in [0.05, 0.1) is 6.61 Å². The third kappa shape index (κ3) is 4.20.